The summed E-state index contributed by atoms with van der Waals surface area (Å²) in [5.74, 6) is 0.216. The molecule has 0 bridgehead atoms. The molecule has 0 spiro atoms. The van der Waals surface area contributed by atoms with Crippen LogP contribution in [0.3, 0.4) is 0 Å². The van der Waals surface area contributed by atoms with Gasteiger partial charge in [-0.1, -0.05) is 13.8 Å². The molecule has 4 aromatic rings. The fourth-order valence-electron chi connectivity index (χ4n) is 3.60. The summed E-state index contributed by atoms with van der Waals surface area (Å²) in [6.45, 7) is 11.9. The van der Waals surface area contributed by atoms with E-state index >= 15 is 0 Å². The quantitative estimate of drug-likeness (QED) is 0.337. The molecule has 0 aliphatic heterocycles. The van der Waals surface area contributed by atoms with Gasteiger partial charge in [-0.15, -0.1) is 11.3 Å². The van der Waals surface area contributed by atoms with Crippen molar-refractivity contribution in [3.8, 4) is 11.3 Å². The van der Waals surface area contributed by atoms with Gasteiger partial charge < -0.3 is 4.74 Å². The van der Waals surface area contributed by atoms with Gasteiger partial charge in [-0.3, -0.25) is 0 Å². The first-order valence-electron chi connectivity index (χ1n) is 9.44. The number of halogens is 1. The van der Waals surface area contributed by atoms with E-state index in [1.165, 1.54) is 6.33 Å². The average Bonchev–Trinajstić information content (AvgIpc) is 3.25. The smallest absolute Gasteiger partial charge is 0.419 e. The van der Waals surface area contributed by atoms with Crippen molar-refractivity contribution >= 4 is 49.2 Å². The van der Waals surface area contributed by atoms with Crippen molar-refractivity contribution in [2.45, 2.75) is 53.1 Å². The Hall–Kier alpha value is -2.19. The first-order valence-corrected chi connectivity index (χ1v) is 11.0. The highest BCUT2D eigenvalue weighted by Crippen LogP contribution is 2.44. The number of carbonyl (C=O) groups is 1. The van der Waals surface area contributed by atoms with Crippen LogP contribution < -0.4 is 0 Å². The van der Waals surface area contributed by atoms with Gasteiger partial charge in [-0.05, 0) is 72.8 Å². The highest BCUT2D eigenvalue weighted by atomic mass is 79.9. The van der Waals surface area contributed by atoms with Gasteiger partial charge in [-0.25, -0.2) is 18.9 Å². The summed E-state index contributed by atoms with van der Waals surface area (Å²) in [7, 11) is 0. The van der Waals surface area contributed by atoms with E-state index in [1.54, 1.807) is 20.4 Å². The highest BCUT2D eigenvalue weighted by Gasteiger charge is 2.29. The van der Waals surface area contributed by atoms with Crippen LogP contribution in [0.1, 0.15) is 51.7 Å². The van der Waals surface area contributed by atoms with Crippen molar-refractivity contribution < 1.29 is 9.53 Å². The van der Waals surface area contributed by atoms with Gasteiger partial charge in [0.25, 0.3) is 0 Å². The summed E-state index contributed by atoms with van der Waals surface area (Å²) >= 11 is 5.22. The van der Waals surface area contributed by atoms with Crippen LogP contribution in [0.25, 0.3) is 27.1 Å². The predicted molar refractivity (Wildman–Crippen MR) is 120 cm³/mol. The lowest BCUT2D eigenvalue weighted by molar-refractivity contribution is 0.0547. The maximum Gasteiger partial charge on any atom is 0.419 e. The van der Waals surface area contributed by atoms with Crippen LogP contribution in [0.4, 0.5) is 4.79 Å². The van der Waals surface area contributed by atoms with Crippen molar-refractivity contribution in [2.24, 2.45) is 0 Å². The van der Waals surface area contributed by atoms with Crippen LogP contribution >= 0.6 is 27.3 Å². The van der Waals surface area contributed by atoms with E-state index in [0.717, 1.165) is 42.0 Å². The van der Waals surface area contributed by atoms with E-state index in [2.05, 4.69) is 45.9 Å². The van der Waals surface area contributed by atoms with Gasteiger partial charge in [0.05, 0.1) is 19.7 Å². The second kappa shape index (κ2) is 6.95. The van der Waals surface area contributed by atoms with E-state index < -0.39 is 5.60 Å². The molecule has 0 unspecified atom stereocenters. The predicted octanol–water partition coefficient (Wildman–Crippen LogP) is 6.39. The Morgan fingerprint density at radius 3 is 2.66 bits per heavy atom. The second-order valence-electron chi connectivity index (χ2n) is 8.44. The van der Waals surface area contributed by atoms with Gasteiger partial charge in [-0.2, -0.15) is 5.10 Å². The number of aromatic nitrogens is 4. The molecule has 0 atom stereocenters. The first-order chi connectivity index (χ1) is 13.6. The molecule has 0 amide bonds. The Morgan fingerprint density at radius 2 is 2.00 bits per heavy atom. The molecule has 152 valence electrons. The standard InChI is InChI=1S/C21H23BrN4O2S/c1-11(2)16-17(13-7-12(3)19-23-10-24-25(19)9-13)26(20(27)28-21(4,5)6)14-8-15(22)29-18(14)16/h7-11H,1-6H3. The lowest BCUT2D eigenvalue weighted by atomic mass is 9.99. The summed E-state index contributed by atoms with van der Waals surface area (Å²) in [5, 5.41) is 4.31. The molecule has 8 heteroatoms. The number of fused-ring (bicyclic) bond motifs is 2. The van der Waals surface area contributed by atoms with Gasteiger partial charge >= 0.3 is 6.09 Å². The summed E-state index contributed by atoms with van der Waals surface area (Å²) in [6.07, 6.45) is 3.08. The number of hydrogen-bond acceptors (Lipinski definition) is 5. The molecule has 4 aromatic heterocycles. The first kappa shape index (κ1) is 20.1. The molecular weight excluding hydrogens is 452 g/mol. The summed E-state index contributed by atoms with van der Waals surface area (Å²) < 4.78 is 11.3. The summed E-state index contributed by atoms with van der Waals surface area (Å²) in [4.78, 5) is 17.6. The normalized spacial score (nSPS) is 12.4. The maximum atomic E-state index is 13.3. The van der Waals surface area contributed by atoms with E-state index in [0.29, 0.717) is 0 Å². The van der Waals surface area contributed by atoms with Crippen molar-refractivity contribution in [2.75, 3.05) is 0 Å². The average molecular weight is 475 g/mol. The molecule has 0 aliphatic carbocycles. The number of rotatable bonds is 2. The molecule has 0 saturated carbocycles. The number of thiophene rings is 1. The molecular formula is C21H23BrN4O2S. The number of pyridine rings is 1. The zero-order valence-corrected chi connectivity index (χ0v) is 19.7. The zero-order chi connectivity index (χ0) is 21.1. The Bertz CT molecular complexity index is 1240. The summed E-state index contributed by atoms with van der Waals surface area (Å²) in [6, 6.07) is 4.05. The minimum atomic E-state index is -0.595. The Morgan fingerprint density at radius 1 is 1.28 bits per heavy atom. The van der Waals surface area contributed by atoms with Gasteiger partial charge in [0.15, 0.2) is 5.65 Å². The van der Waals surface area contributed by atoms with Gasteiger partial charge in [0.1, 0.15) is 11.9 Å². The number of aryl methyl sites for hydroxylation is 1. The van der Waals surface area contributed by atoms with Crippen LogP contribution in [0.5, 0.6) is 0 Å². The lowest BCUT2D eigenvalue weighted by Crippen LogP contribution is -2.27. The fourth-order valence-corrected chi connectivity index (χ4v) is 5.37. The van der Waals surface area contributed by atoms with Crippen molar-refractivity contribution in [3.63, 3.8) is 0 Å². The van der Waals surface area contributed by atoms with Crippen LogP contribution in [0.15, 0.2) is 28.4 Å². The molecule has 0 aliphatic rings. The van der Waals surface area contributed by atoms with Crippen LogP contribution in [-0.4, -0.2) is 30.9 Å². The molecule has 0 radical (unpaired) electrons. The van der Waals surface area contributed by atoms with E-state index in [4.69, 9.17) is 4.74 Å². The third kappa shape index (κ3) is 3.48. The fraction of sp³-hybridized carbons (Fsp3) is 0.381. The molecule has 0 fully saturated rings. The monoisotopic (exact) mass is 474 g/mol. The summed E-state index contributed by atoms with van der Waals surface area (Å²) in [5.41, 5.74) is 4.95. The van der Waals surface area contributed by atoms with Crippen molar-refractivity contribution in [1.82, 2.24) is 19.2 Å². The number of hydrogen-bond donors (Lipinski definition) is 0. The highest BCUT2D eigenvalue weighted by molar-refractivity contribution is 9.11. The second-order valence-corrected chi connectivity index (χ2v) is 10.9. The molecule has 4 heterocycles. The Balaban J connectivity index is 2.07. The minimum absolute atomic E-state index is 0.216. The van der Waals surface area contributed by atoms with Crippen molar-refractivity contribution in [1.29, 1.82) is 0 Å². The van der Waals surface area contributed by atoms with E-state index in [-0.39, 0.29) is 12.0 Å². The minimum Gasteiger partial charge on any atom is -0.443 e. The molecule has 6 nitrogen and oxygen atoms in total. The number of nitrogens with zero attached hydrogens (tertiary/aromatic N) is 4. The maximum absolute atomic E-state index is 13.3. The Labute approximate surface area is 181 Å². The molecule has 4 rings (SSSR count). The van der Waals surface area contributed by atoms with Crippen LogP contribution in [-0.2, 0) is 4.74 Å². The van der Waals surface area contributed by atoms with E-state index in [9.17, 15) is 4.79 Å². The van der Waals surface area contributed by atoms with Gasteiger partial charge in [0, 0.05) is 11.8 Å². The lowest BCUT2D eigenvalue weighted by Gasteiger charge is -2.21. The number of ether oxygens (including phenoxy) is 1. The van der Waals surface area contributed by atoms with Crippen LogP contribution in [0.2, 0.25) is 0 Å². The van der Waals surface area contributed by atoms with Gasteiger partial charge in [0.2, 0.25) is 0 Å². The van der Waals surface area contributed by atoms with Crippen LogP contribution in [0, 0.1) is 6.92 Å². The third-order valence-electron chi connectivity index (χ3n) is 4.63. The molecule has 29 heavy (non-hydrogen) atoms. The molecule has 0 saturated heterocycles. The topological polar surface area (TPSA) is 61.4 Å². The van der Waals surface area contributed by atoms with Crippen molar-refractivity contribution in [3.05, 3.63) is 39.6 Å². The third-order valence-corrected chi connectivity index (χ3v) is 6.29. The largest absolute Gasteiger partial charge is 0.443 e. The number of carbonyl (C=O) groups excluding carboxylic acids is 1. The Kier molecular flexibility index (Phi) is 4.82. The molecule has 0 N–H and O–H groups in total. The SMILES string of the molecule is Cc1cc(-c2c(C(C)C)c3sc(Br)cc3n2C(=O)OC(C)(C)C)cn2ncnc12. The molecule has 0 aromatic carbocycles. The van der Waals surface area contributed by atoms with E-state index in [1.807, 2.05) is 40.0 Å². The zero-order valence-electron chi connectivity index (χ0n) is 17.3.